The van der Waals surface area contributed by atoms with Crippen molar-refractivity contribution in [2.45, 2.75) is 5.41 Å². The number of rotatable bonds is 5. The van der Waals surface area contributed by atoms with Crippen molar-refractivity contribution in [3.05, 3.63) is 204 Å². The highest BCUT2D eigenvalue weighted by molar-refractivity contribution is 5.94. The molecule has 0 spiro atoms. The third kappa shape index (κ3) is 4.29. The van der Waals surface area contributed by atoms with E-state index in [1.807, 2.05) is 36.4 Å². The molecule has 6 aromatic carbocycles. The van der Waals surface area contributed by atoms with Gasteiger partial charge < -0.3 is 9.74 Å². The third-order valence-electron chi connectivity index (χ3n) is 8.79. The van der Waals surface area contributed by atoms with E-state index in [0.717, 1.165) is 33.9 Å². The quantitative estimate of drug-likeness (QED) is 0.188. The third-order valence-corrected chi connectivity index (χ3v) is 8.79. The maximum absolute atomic E-state index is 7.84. The lowest BCUT2D eigenvalue weighted by atomic mass is 9.62. The first-order chi connectivity index (χ1) is 22.8. The highest BCUT2D eigenvalue weighted by Gasteiger charge is 2.46. The molecule has 0 aliphatic carbocycles. The van der Waals surface area contributed by atoms with Crippen molar-refractivity contribution in [1.82, 2.24) is 9.97 Å². The van der Waals surface area contributed by atoms with Crippen molar-refractivity contribution >= 4 is 22.9 Å². The predicted molar refractivity (Wildman–Crippen MR) is 186 cm³/mol. The van der Waals surface area contributed by atoms with Gasteiger partial charge in [-0.25, -0.2) is 4.98 Å². The zero-order valence-electron chi connectivity index (χ0n) is 25.0. The molecule has 1 aromatic heterocycles. The molecule has 4 nitrogen and oxygen atoms in total. The fraction of sp³-hybridized carbons (Fsp3) is 0.0238. The van der Waals surface area contributed by atoms with Crippen molar-refractivity contribution in [3.8, 4) is 22.6 Å². The van der Waals surface area contributed by atoms with Crippen molar-refractivity contribution in [1.29, 1.82) is 0 Å². The molecule has 1 aliphatic rings. The second kappa shape index (κ2) is 11.3. The van der Waals surface area contributed by atoms with E-state index in [1.54, 1.807) is 6.07 Å². The van der Waals surface area contributed by atoms with E-state index in [-0.39, 0.29) is 0 Å². The number of aromatic nitrogens is 2. The summed E-state index contributed by atoms with van der Waals surface area (Å²) in [7, 11) is 0. The lowest BCUT2D eigenvalue weighted by molar-refractivity contribution is 0.731. The van der Waals surface area contributed by atoms with Crippen molar-refractivity contribution < 1.29 is 0 Å². The molecular formula is C42H28N4. The molecule has 0 fully saturated rings. The Morgan fingerprint density at radius 2 is 0.978 bits per heavy atom. The highest BCUT2D eigenvalue weighted by atomic mass is 15.2. The Hall–Kier alpha value is -6.31. The number of benzene rings is 6. The average Bonchev–Trinajstić information content (AvgIpc) is 3.15. The molecule has 0 bridgehead atoms. The summed E-state index contributed by atoms with van der Waals surface area (Å²) in [6, 6.07) is 58.9. The van der Waals surface area contributed by atoms with Gasteiger partial charge >= 0.3 is 0 Å². The fourth-order valence-corrected chi connectivity index (χ4v) is 6.90. The molecule has 216 valence electrons. The van der Waals surface area contributed by atoms with Crippen LogP contribution in [0.3, 0.4) is 0 Å². The second-order valence-corrected chi connectivity index (χ2v) is 11.3. The number of fused-ring (bicyclic) bond motifs is 2. The molecule has 0 unspecified atom stereocenters. The van der Waals surface area contributed by atoms with Gasteiger partial charge in [0.05, 0.1) is 33.7 Å². The van der Waals surface area contributed by atoms with E-state index in [9.17, 15) is 0 Å². The Balaban J connectivity index is 1.42. The minimum Gasteiger partial charge on any atom is -0.360 e. The fourth-order valence-electron chi connectivity index (χ4n) is 6.90. The molecule has 2 heterocycles. The van der Waals surface area contributed by atoms with E-state index in [1.165, 1.54) is 22.3 Å². The van der Waals surface area contributed by atoms with Crippen molar-refractivity contribution in [2.24, 2.45) is 0 Å². The van der Waals surface area contributed by atoms with Crippen LogP contribution < -0.4 is 4.90 Å². The monoisotopic (exact) mass is 588 g/mol. The van der Waals surface area contributed by atoms with Crippen LogP contribution in [0.15, 0.2) is 170 Å². The Morgan fingerprint density at radius 3 is 1.54 bits per heavy atom. The Bertz CT molecular complexity index is 2130. The summed E-state index contributed by atoms with van der Waals surface area (Å²) in [5.41, 5.74) is 9.82. The minimum absolute atomic E-state index is 0.310. The normalized spacial score (nSPS) is 12.9. The van der Waals surface area contributed by atoms with Gasteiger partial charge in [-0.2, -0.15) is 0 Å². The zero-order valence-corrected chi connectivity index (χ0v) is 25.0. The summed E-state index contributed by atoms with van der Waals surface area (Å²) in [6.07, 6.45) is 0. The molecule has 0 atom stereocenters. The topological polar surface area (TPSA) is 33.4 Å². The van der Waals surface area contributed by atoms with Gasteiger partial charge in [-0.05, 0) is 58.1 Å². The van der Waals surface area contributed by atoms with Gasteiger partial charge in [-0.15, -0.1) is 0 Å². The maximum atomic E-state index is 7.84. The summed E-state index contributed by atoms with van der Waals surface area (Å²) in [6.45, 7) is 7.84. The first-order valence-electron chi connectivity index (χ1n) is 15.3. The van der Waals surface area contributed by atoms with Gasteiger partial charge in [0.25, 0.3) is 11.6 Å². The van der Waals surface area contributed by atoms with E-state index in [2.05, 4.69) is 137 Å². The molecule has 0 amide bonds. The molecule has 0 saturated carbocycles. The summed E-state index contributed by atoms with van der Waals surface area (Å²) in [5, 5.41) is 0. The highest BCUT2D eigenvalue weighted by Crippen LogP contribution is 2.58. The molecule has 8 rings (SSSR count). The molecule has 46 heavy (non-hydrogen) atoms. The summed E-state index contributed by atoms with van der Waals surface area (Å²) in [5.74, 6) is 0.825. The molecule has 0 saturated heterocycles. The van der Waals surface area contributed by atoms with Crippen LogP contribution in [0.5, 0.6) is 0 Å². The summed E-state index contributed by atoms with van der Waals surface area (Å²) >= 11 is 0. The lowest BCUT2D eigenvalue weighted by Gasteiger charge is -2.46. The SMILES string of the molecule is [C-]#[N+]c1cc(-c2ccccc2)nc(-c2ccccc2N2c3ccccc3C(c3ccccc3)(c3ccccc3)c3ccccc32)n1. The predicted octanol–water partition coefficient (Wildman–Crippen LogP) is 10.5. The van der Waals surface area contributed by atoms with Crippen LogP contribution in [0.2, 0.25) is 0 Å². The van der Waals surface area contributed by atoms with Crippen LogP contribution in [-0.4, -0.2) is 9.97 Å². The van der Waals surface area contributed by atoms with Gasteiger partial charge in [0.15, 0.2) is 0 Å². The Labute approximate surface area is 268 Å². The van der Waals surface area contributed by atoms with Crippen molar-refractivity contribution in [3.63, 3.8) is 0 Å². The molecule has 4 heteroatoms. The summed E-state index contributed by atoms with van der Waals surface area (Å²) < 4.78 is 0. The first-order valence-corrected chi connectivity index (χ1v) is 15.3. The Kier molecular flexibility index (Phi) is 6.70. The smallest absolute Gasteiger partial charge is 0.274 e. The van der Waals surface area contributed by atoms with Crippen molar-refractivity contribution in [2.75, 3.05) is 4.90 Å². The minimum atomic E-state index is -0.553. The maximum Gasteiger partial charge on any atom is 0.274 e. The Morgan fingerprint density at radius 1 is 0.500 bits per heavy atom. The van der Waals surface area contributed by atoms with Crippen LogP contribution in [0.1, 0.15) is 22.3 Å². The average molecular weight is 589 g/mol. The first kappa shape index (κ1) is 27.3. The largest absolute Gasteiger partial charge is 0.360 e. The van der Waals surface area contributed by atoms with Crippen LogP contribution >= 0.6 is 0 Å². The van der Waals surface area contributed by atoms with Crippen LogP contribution in [0.4, 0.5) is 22.9 Å². The number of hydrogen-bond acceptors (Lipinski definition) is 3. The van der Waals surface area contributed by atoms with Gasteiger partial charge in [0.2, 0.25) is 0 Å². The molecule has 0 N–H and O–H groups in total. The van der Waals surface area contributed by atoms with Crippen LogP contribution in [-0.2, 0) is 5.41 Å². The molecule has 1 aliphatic heterocycles. The van der Waals surface area contributed by atoms with Crippen LogP contribution in [0.25, 0.3) is 27.5 Å². The zero-order chi connectivity index (χ0) is 30.9. The number of para-hydroxylation sites is 3. The van der Waals surface area contributed by atoms with E-state index < -0.39 is 5.41 Å². The van der Waals surface area contributed by atoms with E-state index in [0.29, 0.717) is 11.6 Å². The number of hydrogen-bond donors (Lipinski definition) is 0. The summed E-state index contributed by atoms with van der Waals surface area (Å²) in [4.78, 5) is 15.8. The number of anilines is 3. The van der Waals surface area contributed by atoms with E-state index >= 15 is 0 Å². The van der Waals surface area contributed by atoms with Gasteiger partial charge in [0, 0.05) is 0 Å². The standard InChI is InChI=1S/C42H28N4/c1-43-40-29-36(30-17-5-2-6-18-30)44-41(45-40)33-23-11-14-26-37(33)46-38-27-15-12-24-34(38)42(31-19-7-3-8-20-31,32-21-9-4-10-22-32)35-25-13-16-28-39(35)46/h2-29H. The van der Waals surface area contributed by atoms with Crippen LogP contribution in [0, 0.1) is 6.57 Å². The second-order valence-electron chi connectivity index (χ2n) is 11.3. The van der Waals surface area contributed by atoms with E-state index in [4.69, 9.17) is 16.5 Å². The molecular weight excluding hydrogens is 560 g/mol. The van der Waals surface area contributed by atoms with Gasteiger partial charge in [-0.3, -0.25) is 0 Å². The van der Waals surface area contributed by atoms with Gasteiger partial charge in [0.1, 0.15) is 0 Å². The lowest BCUT2D eigenvalue weighted by Crippen LogP contribution is -2.37. The number of nitrogens with zero attached hydrogens (tertiary/aromatic N) is 4. The van der Waals surface area contributed by atoms with Gasteiger partial charge in [-0.1, -0.05) is 151 Å². The molecule has 7 aromatic rings. The molecule has 0 radical (unpaired) electrons.